The van der Waals surface area contributed by atoms with Crippen molar-refractivity contribution in [2.24, 2.45) is 0 Å². The number of furan rings is 1. The topological polar surface area (TPSA) is 13.1 Å². The van der Waals surface area contributed by atoms with E-state index in [0.717, 1.165) is 22.9 Å². The van der Waals surface area contributed by atoms with Crippen LogP contribution in [0.15, 0.2) is 22.8 Å². The summed E-state index contributed by atoms with van der Waals surface area (Å²) >= 11 is 0.862. The molecule has 0 aliphatic heterocycles. The van der Waals surface area contributed by atoms with Crippen LogP contribution in [-0.2, 0) is 5.75 Å². The lowest BCUT2D eigenvalue weighted by Crippen LogP contribution is -1.65. The van der Waals surface area contributed by atoms with Gasteiger partial charge in [0.1, 0.15) is 5.76 Å². The minimum Gasteiger partial charge on any atom is -0.469 e. The Bertz CT molecular complexity index is 155. The molecular weight excluding hydrogens is 120 g/mol. The largest absolute Gasteiger partial charge is 0.469 e. The second-order valence-corrected chi connectivity index (χ2v) is 2.10. The van der Waals surface area contributed by atoms with Crippen molar-refractivity contribution in [3.63, 3.8) is 0 Å². The normalized spacial score (nSPS) is 9.50. The van der Waals surface area contributed by atoms with Crippen molar-refractivity contribution >= 4 is 17.2 Å². The first-order valence-electron chi connectivity index (χ1n) is 2.32. The maximum atomic E-state index is 5.23. The van der Waals surface area contributed by atoms with E-state index in [1.54, 1.807) is 6.26 Å². The van der Waals surface area contributed by atoms with Crippen LogP contribution < -0.4 is 0 Å². The van der Waals surface area contributed by atoms with E-state index >= 15 is 0 Å². The third-order valence-corrected chi connectivity index (χ3v) is 1.32. The Morgan fingerprint density at radius 3 is 3.12 bits per heavy atom. The Balaban J connectivity index is 2.62. The molecule has 1 aromatic heterocycles. The van der Waals surface area contributed by atoms with Crippen molar-refractivity contribution < 1.29 is 4.42 Å². The smallest absolute Gasteiger partial charge is 0.112 e. The lowest BCUT2D eigenvalue weighted by Gasteiger charge is -1.82. The van der Waals surface area contributed by atoms with E-state index in [2.05, 4.69) is 0 Å². The third-order valence-electron chi connectivity index (χ3n) is 0.827. The predicted molar refractivity (Wildman–Crippen MR) is 37.5 cm³/mol. The van der Waals surface area contributed by atoms with E-state index in [1.165, 1.54) is 0 Å². The number of hydrogen-bond donors (Lipinski definition) is 1. The molecule has 0 fully saturated rings. The molecule has 1 rings (SSSR count). The standard InChI is InChI=1S/C6H7OS/c1-8-5-6-3-2-4-7-6/h1-4,8H,5H2. The first-order valence-corrected chi connectivity index (χ1v) is 3.47. The highest BCUT2D eigenvalue weighted by Gasteiger charge is 1.86. The number of thiol groups is 1. The van der Waals surface area contributed by atoms with Crippen molar-refractivity contribution in [3.05, 3.63) is 24.2 Å². The molecule has 2 heteroatoms. The van der Waals surface area contributed by atoms with Crippen LogP contribution in [0.4, 0.5) is 0 Å². The van der Waals surface area contributed by atoms with Gasteiger partial charge in [0.05, 0.1) is 6.26 Å². The first kappa shape index (κ1) is 5.63. The van der Waals surface area contributed by atoms with Gasteiger partial charge in [0.25, 0.3) is 0 Å². The molecule has 0 spiro atoms. The van der Waals surface area contributed by atoms with E-state index in [4.69, 9.17) is 10.3 Å². The molecule has 0 aromatic carbocycles. The van der Waals surface area contributed by atoms with Crippen molar-refractivity contribution in [2.75, 3.05) is 0 Å². The maximum absolute atomic E-state index is 5.23. The highest BCUT2D eigenvalue weighted by molar-refractivity contribution is 7.95. The maximum Gasteiger partial charge on any atom is 0.112 e. The summed E-state index contributed by atoms with van der Waals surface area (Å²) in [4.78, 5) is 0. The zero-order valence-electron chi connectivity index (χ0n) is 4.37. The van der Waals surface area contributed by atoms with Crippen LogP contribution in [0.3, 0.4) is 0 Å². The highest BCUT2D eigenvalue weighted by Crippen LogP contribution is 2.03. The second-order valence-electron chi connectivity index (χ2n) is 1.42. The van der Waals surface area contributed by atoms with Gasteiger partial charge in [-0.3, -0.25) is 0 Å². The molecule has 0 saturated heterocycles. The Labute approximate surface area is 52.3 Å². The molecule has 0 bridgehead atoms. The lowest BCUT2D eigenvalue weighted by molar-refractivity contribution is 0.530. The molecule has 8 heavy (non-hydrogen) atoms. The molecule has 0 N–H and O–H groups in total. The summed E-state index contributed by atoms with van der Waals surface area (Å²) in [7, 11) is 0. The lowest BCUT2D eigenvalue weighted by atomic mass is 10.5. The second kappa shape index (κ2) is 2.72. The van der Waals surface area contributed by atoms with Gasteiger partial charge in [0.15, 0.2) is 0 Å². The van der Waals surface area contributed by atoms with Gasteiger partial charge in [-0.2, -0.15) is 11.4 Å². The van der Waals surface area contributed by atoms with Gasteiger partial charge in [0, 0.05) is 5.75 Å². The fourth-order valence-electron chi connectivity index (χ4n) is 0.493. The van der Waals surface area contributed by atoms with Crippen LogP contribution in [0.1, 0.15) is 5.76 Å². The van der Waals surface area contributed by atoms with Crippen LogP contribution in [0.25, 0.3) is 0 Å². The summed E-state index contributed by atoms with van der Waals surface area (Å²) < 4.78 is 4.99. The van der Waals surface area contributed by atoms with E-state index in [1.807, 2.05) is 12.1 Å². The molecule has 0 aliphatic carbocycles. The molecule has 43 valence electrons. The van der Waals surface area contributed by atoms with E-state index < -0.39 is 0 Å². The van der Waals surface area contributed by atoms with Crippen molar-refractivity contribution in [2.45, 2.75) is 5.75 Å². The Hall–Kier alpha value is -0.500. The fourth-order valence-corrected chi connectivity index (χ4v) is 0.852. The quantitative estimate of drug-likeness (QED) is 0.470. The van der Waals surface area contributed by atoms with E-state index in [9.17, 15) is 0 Å². The monoisotopic (exact) mass is 127 g/mol. The molecule has 0 saturated carbocycles. The highest BCUT2D eigenvalue weighted by atomic mass is 32.1. The van der Waals surface area contributed by atoms with Gasteiger partial charge in [-0.1, -0.05) is 0 Å². The molecule has 1 radical (unpaired) electrons. The van der Waals surface area contributed by atoms with Crippen LogP contribution in [0.5, 0.6) is 0 Å². The molecule has 0 amide bonds. The molecule has 1 nitrogen and oxygen atoms in total. The molecule has 0 aliphatic rings. The minimum absolute atomic E-state index is 0.812. The molecular formula is C6H7OS. The van der Waals surface area contributed by atoms with Gasteiger partial charge >= 0.3 is 0 Å². The van der Waals surface area contributed by atoms with E-state index in [0.29, 0.717) is 0 Å². The molecule has 0 unspecified atom stereocenters. The fraction of sp³-hybridized carbons (Fsp3) is 0.167. The summed E-state index contributed by atoms with van der Waals surface area (Å²) in [5.74, 6) is 7.00. The third kappa shape index (κ3) is 1.23. The van der Waals surface area contributed by atoms with Gasteiger partial charge in [-0.25, -0.2) is 0 Å². The van der Waals surface area contributed by atoms with Gasteiger partial charge < -0.3 is 4.42 Å². The summed E-state index contributed by atoms with van der Waals surface area (Å²) in [5, 5.41) is 0. The average molecular weight is 127 g/mol. The van der Waals surface area contributed by atoms with E-state index in [-0.39, 0.29) is 0 Å². The number of hydrogen-bond acceptors (Lipinski definition) is 1. The van der Waals surface area contributed by atoms with Crippen molar-refractivity contribution in [3.8, 4) is 0 Å². The summed E-state index contributed by atoms with van der Waals surface area (Å²) in [6.45, 7) is 0. The summed E-state index contributed by atoms with van der Waals surface area (Å²) in [6.07, 6.45) is 1.65. The van der Waals surface area contributed by atoms with Gasteiger partial charge in [0.2, 0.25) is 0 Å². The molecule has 1 aromatic rings. The molecule has 0 atom stereocenters. The minimum atomic E-state index is 0.812. The van der Waals surface area contributed by atoms with Gasteiger partial charge in [-0.15, -0.1) is 0 Å². The zero-order valence-corrected chi connectivity index (χ0v) is 5.27. The Morgan fingerprint density at radius 1 is 1.75 bits per heavy atom. The summed E-state index contributed by atoms with van der Waals surface area (Å²) in [6, 6.07) is 3.78. The number of rotatable bonds is 2. The first-order chi connectivity index (χ1) is 3.93. The zero-order chi connectivity index (χ0) is 5.82. The molecule has 1 heterocycles. The van der Waals surface area contributed by atoms with Crippen LogP contribution in [0, 0.1) is 0 Å². The van der Waals surface area contributed by atoms with Crippen LogP contribution in [0.2, 0.25) is 0 Å². The van der Waals surface area contributed by atoms with Crippen molar-refractivity contribution in [1.82, 2.24) is 0 Å². The predicted octanol–water partition coefficient (Wildman–Crippen LogP) is 1.55. The Morgan fingerprint density at radius 2 is 2.62 bits per heavy atom. The van der Waals surface area contributed by atoms with Crippen molar-refractivity contribution in [1.29, 1.82) is 0 Å². The average Bonchev–Trinajstić information content (AvgIpc) is 2.19. The van der Waals surface area contributed by atoms with Gasteiger partial charge in [-0.05, 0) is 18.0 Å². The van der Waals surface area contributed by atoms with Crippen LogP contribution in [-0.4, -0.2) is 5.87 Å². The van der Waals surface area contributed by atoms with Crippen LogP contribution >= 0.6 is 11.4 Å². The Kier molecular flexibility index (Phi) is 1.92. The SMILES string of the molecule is [CH]=[SH]Cc1ccco1. The summed E-state index contributed by atoms with van der Waals surface area (Å²) in [5.41, 5.74) is 0.